The molecule has 0 heterocycles. The second kappa shape index (κ2) is 3.27. The highest BCUT2D eigenvalue weighted by Crippen LogP contribution is 2.25. The number of hydrogen-bond acceptors (Lipinski definition) is 1. The van der Waals surface area contributed by atoms with Crippen molar-refractivity contribution in [3.8, 4) is 5.75 Å². The largest absolute Gasteiger partial charge is 0.508 e. The molecule has 1 nitrogen and oxygen atoms in total. The molecule has 0 bridgehead atoms. The first-order valence-electron chi connectivity index (χ1n) is 4.08. The monoisotopic (exact) mass is 192 g/mol. The first kappa shape index (κ1) is 8.39. The zero-order valence-corrected chi connectivity index (χ0v) is 7.75. The topological polar surface area (TPSA) is 20.2 Å². The van der Waals surface area contributed by atoms with Gasteiger partial charge in [-0.25, -0.2) is 0 Å². The lowest BCUT2D eigenvalue weighted by atomic mass is 10.1. The molecule has 0 fully saturated rings. The summed E-state index contributed by atoms with van der Waals surface area (Å²) in [6.07, 6.45) is 0. The molecular formula is C11H9ClO. The zero-order chi connectivity index (χ0) is 9.26. The molecule has 0 unspecified atom stereocenters. The molecule has 0 aromatic heterocycles. The minimum Gasteiger partial charge on any atom is -0.508 e. The fourth-order valence-electron chi connectivity index (χ4n) is 1.38. The predicted molar refractivity (Wildman–Crippen MR) is 55.2 cm³/mol. The summed E-state index contributed by atoms with van der Waals surface area (Å²) >= 11 is 5.67. The van der Waals surface area contributed by atoms with E-state index in [9.17, 15) is 5.11 Å². The Hall–Kier alpha value is -1.21. The Balaban J connectivity index is 2.74. The average Bonchev–Trinajstić information content (AvgIpc) is 2.17. The van der Waals surface area contributed by atoms with Gasteiger partial charge in [-0.2, -0.15) is 0 Å². The van der Waals surface area contributed by atoms with Gasteiger partial charge in [-0.3, -0.25) is 0 Å². The van der Waals surface area contributed by atoms with Gasteiger partial charge in [0, 0.05) is 5.56 Å². The van der Waals surface area contributed by atoms with Crippen LogP contribution in [0.25, 0.3) is 10.8 Å². The normalized spacial score (nSPS) is 10.5. The number of fused-ring (bicyclic) bond motifs is 1. The number of aromatic hydroxyl groups is 1. The van der Waals surface area contributed by atoms with Gasteiger partial charge >= 0.3 is 0 Å². The van der Waals surface area contributed by atoms with E-state index in [-0.39, 0.29) is 5.75 Å². The second-order valence-electron chi connectivity index (χ2n) is 2.96. The molecule has 2 heteroatoms. The highest BCUT2D eigenvalue weighted by molar-refractivity contribution is 6.17. The summed E-state index contributed by atoms with van der Waals surface area (Å²) in [6, 6.07) is 11.5. The van der Waals surface area contributed by atoms with Gasteiger partial charge in [-0.1, -0.05) is 24.3 Å². The number of phenolic OH excluding ortho intramolecular Hbond substituents is 1. The zero-order valence-electron chi connectivity index (χ0n) is 7.00. The van der Waals surface area contributed by atoms with Crippen LogP contribution < -0.4 is 0 Å². The first-order valence-corrected chi connectivity index (χ1v) is 4.61. The Morgan fingerprint density at radius 2 is 1.69 bits per heavy atom. The van der Waals surface area contributed by atoms with Crippen LogP contribution >= 0.6 is 11.6 Å². The molecule has 66 valence electrons. The van der Waals surface area contributed by atoms with Crippen molar-refractivity contribution in [1.29, 1.82) is 0 Å². The lowest BCUT2D eigenvalue weighted by Gasteiger charge is -2.03. The van der Waals surface area contributed by atoms with Crippen LogP contribution in [-0.4, -0.2) is 5.11 Å². The van der Waals surface area contributed by atoms with E-state index in [2.05, 4.69) is 0 Å². The average molecular weight is 193 g/mol. The number of benzene rings is 2. The number of phenols is 1. The molecule has 0 aliphatic carbocycles. The lowest BCUT2D eigenvalue weighted by molar-refractivity contribution is 0.471. The summed E-state index contributed by atoms with van der Waals surface area (Å²) in [5.41, 5.74) is 0.778. The highest BCUT2D eigenvalue weighted by Gasteiger charge is 2.01. The molecular weight excluding hydrogens is 184 g/mol. The quantitative estimate of drug-likeness (QED) is 0.688. The van der Waals surface area contributed by atoms with Crippen LogP contribution in [0.5, 0.6) is 5.75 Å². The van der Waals surface area contributed by atoms with Crippen molar-refractivity contribution in [2.24, 2.45) is 0 Å². The van der Waals surface area contributed by atoms with Gasteiger partial charge in [0.15, 0.2) is 0 Å². The Bertz CT molecular complexity index is 437. The van der Waals surface area contributed by atoms with E-state index in [1.54, 1.807) is 6.07 Å². The van der Waals surface area contributed by atoms with E-state index in [1.807, 2.05) is 30.3 Å². The Labute approximate surface area is 81.6 Å². The predicted octanol–water partition coefficient (Wildman–Crippen LogP) is 3.28. The van der Waals surface area contributed by atoms with Crippen LogP contribution in [0.15, 0.2) is 36.4 Å². The standard InChI is InChI=1S/C11H9ClO/c12-7-10-5-8-3-1-2-4-9(8)6-11(10)13/h1-6,13H,7H2. The van der Waals surface area contributed by atoms with E-state index in [0.717, 1.165) is 16.3 Å². The molecule has 0 radical (unpaired) electrons. The third-order valence-electron chi connectivity index (χ3n) is 2.09. The molecule has 13 heavy (non-hydrogen) atoms. The molecule has 0 aliphatic rings. The van der Waals surface area contributed by atoms with E-state index >= 15 is 0 Å². The number of halogens is 1. The van der Waals surface area contributed by atoms with Crippen molar-refractivity contribution >= 4 is 22.4 Å². The van der Waals surface area contributed by atoms with E-state index in [4.69, 9.17) is 11.6 Å². The fourth-order valence-corrected chi connectivity index (χ4v) is 1.60. The molecule has 2 aromatic carbocycles. The molecule has 0 saturated heterocycles. The Morgan fingerprint density at radius 3 is 2.31 bits per heavy atom. The molecule has 1 N–H and O–H groups in total. The Morgan fingerprint density at radius 1 is 1.08 bits per heavy atom. The maximum absolute atomic E-state index is 9.52. The smallest absolute Gasteiger partial charge is 0.120 e. The molecule has 0 aliphatic heterocycles. The maximum Gasteiger partial charge on any atom is 0.120 e. The van der Waals surface area contributed by atoms with Gasteiger partial charge in [-0.15, -0.1) is 11.6 Å². The second-order valence-corrected chi connectivity index (χ2v) is 3.23. The summed E-state index contributed by atoms with van der Waals surface area (Å²) < 4.78 is 0. The van der Waals surface area contributed by atoms with Gasteiger partial charge in [0.2, 0.25) is 0 Å². The van der Waals surface area contributed by atoms with E-state index in [0.29, 0.717) is 5.88 Å². The van der Waals surface area contributed by atoms with Crippen molar-refractivity contribution in [3.05, 3.63) is 42.0 Å². The van der Waals surface area contributed by atoms with Crippen LogP contribution in [0.4, 0.5) is 0 Å². The first-order chi connectivity index (χ1) is 6.31. The third kappa shape index (κ3) is 1.47. The van der Waals surface area contributed by atoms with Crippen molar-refractivity contribution < 1.29 is 5.11 Å². The van der Waals surface area contributed by atoms with Crippen molar-refractivity contribution in [2.75, 3.05) is 0 Å². The van der Waals surface area contributed by atoms with Crippen LogP contribution in [0.3, 0.4) is 0 Å². The molecule has 0 amide bonds. The minimum atomic E-state index is 0.272. The highest BCUT2D eigenvalue weighted by atomic mass is 35.5. The van der Waals surface area contributed by atoms with Crippen molar-refractivity contribution in [1.82, 2.24) is 0 Å². The Kier molecular flexibility index (Phi) is 2.11. The lowest BCUT2D eigenvalue weighted by Crippen LogP contribution is -1.80. The van der Waals surface area contributed by atoms with Crippen molar-refractivity contribution in [2.45, 2.75) is 5.88 Å². The van der Waals surface area contributed by atoms with Crippen LogP contribution in [0.2, 0.25) is 0 Å². The van der Waals surface area contributed by atoms with Crippen molar-refractivity contribution in [3.63, 3.8) is 0 Å². The molecule has 2 aromatic rings. The van der Waals surface area contributed by atoms with Crippen LogP contribution in [-0.2, 0) is 5.88 Å². The summed E-state index contributed by atoms with van der Waals surface area (Å²) in [7, 11) is 0. The van der Waals surface area contributed by atoms with Crippen LogP contribution in [0, 0.1) is 0 Å². The van der Waals surface area contributed by atoms with E-state index in [1.165, 1.54) is 0 Å². The molecule has 0 atom stereocenters. The summed E-state index contributed by atoms with van der Waals surface area (Å²) in [4.78, 5) is 0. The van der Waals surface area contributed by atoms with E-state index < -0.39 is 0 Å². The number of rotatable bonds is 1. The number of hydrogen-bond donors (Lipinski definition) is 1. The van der Waals surface area contributed by atoms with Gasteiger partial charge < -0.3 is 5.11 Å². The fraction of sp³-hybridized carbons (Fsp3) is 0.0909. The third-order valence-corrected chi connectivity index (χ3v) is 2.38. The summed E-state index contributed by atoms with van der Waals surface area (Å²) in [5, 5.41) is 11.7. The summed E-state index contributed by atoms with van der Waals surface area (Å²) in [6.45, 7) is 0. The van der Waals surface area contributed by atoms with Crippen LogP contribution in [0.1, 0.15) is 5.56 Å². The molecule has 0 spiro atoms. The van der Waals surface area contributed by atoms with Gasteiger partial charge in [0.05, 0.1) is 5.88 Å². The van der Waals surface area contributed by atoms with Gasteiger partial charge in [0.1, 0.15) is 5.75 Å². The maximum atomic E-state index is 9.52. The summed E-state index contributed by atoms with van der Waals surface area (Å²) in [5.74, 6) is 0.616. The minimum absolute atomic E-state index is 0.272. The molecule has 2 rings (SSSR count). The van der Waals surface area contributed by atoms with Gasteiger partial charge in [0.25, 0.3) is 0 Å². The SMILES string of the molecule is Oc1cc2ccccc2cc1CCl. The van der Waals surface area contributed by atoms with Gasteiger partial charge in [-0.05, 0) is 22.9 Å². The molecule has 0 saturated carbocycles. The number of alkyl halides is 1.